The standard InChI is InChI=1S/C13H22BrN3O2/c1-9(2)19-7-5-6-15-13(18)11(4)17-10(3)12(14)8-16-17/h8-9,11H,5-7H2,1-4H3,(H,15,18). The third-order valence-electron chi connectivity index (χ3n) is 2.80. The number of nitrogens with zero attached hydrogens (tertiary/aromatic N) is 2. The van der Waals surface area contributed by atoms with E-state index in [-0.39, 0.29) is 18.1 Å². The van der Waals surface area contributed by atoms with Crippen LogP contribution in [-0.4, -0.2) is 34.9 Å². The molecule has 0 bridgehead atoms. The second-order valence-electron chi connectivity index (χ2n) is 4.76. The summed E-state index contributed by atoms with van der Waals surface area (Å²) in [5, 5.41) is 7.08. The van der Waals surface area contributed by atoms with Gasteiger partial charge in [0, 0.05) is 13.2 Å². The first-order chi connectivity index (χ1) is 8.93. The summed E-state index contributed by atoms with van der Waals surface area (Å²) in [6.45, 7) is 9.05. The summed E-state index contributed by atoms with van der Waals surface area (Å²) in [5.41, 5.74) is 0.950. The lowest BCUT2D eigenvalue weighted by atomic mass is 10.3. The minimum absolute atomic E-state index is 0.0248. The highest BCUT2D eigenvalue weighted by Gasteiger charge is 2.17. The third kappa shape index (κ3) is 4.95. The van der Waals surface area contributed by atoms with E-state index in [9.17, 15) is 4.79 Å². The topological polar surface area (TPSA) is 56.2 Å². The lowest BCUT2D eigenvalue weighted by molar-refractivity contribution is -0.124. The zero-order valence-electron chi connectivity index (χ0n) is 11.9. The molecular weight excluding hydrogens is 310 g/mol. The van der Waals surface area contributed by atoms with Crippen molar-refractivity contribution in [2.24, 2.45) is 0 Å². The molecule has 1 aromatic rings. The lowest BCUT2D eigenvalue weighted by Gasteiger charge is -2.14. The molecule has 6 heteroatoms. The van der Waals surface area contributed by atoms with Crippen LogP contribution >= 0.6 is 15.9 Å². The Kier molecular flexibility index (Phi) is 6.51. The van der Waals surface area contributed by atoms with Crippen molar-refractivity contribution in [3.8, 4) is 0 Å². The van der Waals surface area contributed by atoms with E-state index in [0.717, 1.165) is 16.6 Å². The minimum Gasteiger partial charge on any atom is -0.379 e. The van der Waals surface area contributed by atoms with Gasteiger partial charge in [0.05, 0.1) is 22.5 Å². The Bertz CT molecular complexity index is 418. The lowest BCUT2D eigenvalue weighted by Crippen LogP contribution is -2.33. The number of amides is 1. The highest BCUT2D eigenvalue weighted by molar-refractivity contribution is 9.10. The highest BCUT2D eigenvalue weighted by atomic mass is 79.9. The summed E-state index contributed by atoms with van der Waals surface area (Å²) in [6.07, 6.45) is 2.76. The van der Waals surface area contributed by atoms with Gasteiger partial charge in [-0.2, -0.15) is 5.10 Å². The molecule has 1 N–H and O–H groups in total. The first-order valence-corrected chi connectivity index (χ1v) is 7.31. The van der Waals surface area contributed by atoms with Crippen molar-refractivity contribution in [3.05, 3.63) is 16.4 Å². The maximum atomic E-state index is 12.0. The van der Waals surface area contributed by atoms with E-state index in [1.54, 1.807) is 10.9 Å². The van der Waals surface area contributed by atoms with E-state index in [2.05, 4.69) is 26.3 Å². The largest absolute Gasteiger partial charge is 0.379 e. The fraction of sp³-hybridized carbons (Fsp3) is 0.692. The van der Waals surface area contributed by atoms with Gasteiger partial charge in [-0.05, 0) is 50.0 Å². The van der Waals surface area contributed by atoms with Crippen LogP contribution in [0.15, 0.2) is 10.7 Å². The van der Waals surface area contributed by atoms with Crippen molar-refractivity contribution in [2.45, 2.75) is 46.3 Å². The summed E-state index contributed by atoms with van der Waals surface area (Å²) in [6, 6.07) is -0.308. The summed E-state index contributed by atoms with van der Waals surface area (Å²) in [4.78, 5) is 12.0. The second-order valence-corrected chi connectivity index (χ2v) is 5.62. The summed E-state index contributed by atoms with van der Waals surface area (Å²) in [7, 11) is 0. The first kappa shape index (κ1) is 16.2. The molecule has 0 saturated carbocycles. The van der Waals surface area contributed by atoms with Crippen molar-refractivity contribution in [2.75, 3.05) is 13.2 Å². The van der Waals surface area contributed by atoms with E-state index < -0.39 is 0 Å². The van der Waals surface area contributed by atoms with E-state index in [1.807, 2.05) is 27.7 Å². The average molecular weight is 332 g/mol. The van der Waals surface area contributed by atoms with Gasteiger partial charge < -0.3 is 10.1 Å². The molecule has 1 atom stereocenters. The van der Waals surface area contributed by atoms with Gasteiger partial charge in [-0.15, -0.1) is 0 Å². The van der Waals surface area contributed by atoms with Crippen molar-refractivity contribution in [1.82, 2.24) is 15.1 Å². The Morgan fingerprint density at radius 3 is 2.74 bits per heavy atom. The van der Waals surface area contributed by atoms with E-state index >= 15 is 0 Å². The second kappa shape index (κ2) is 7.65. The zero-order valence-corrected chi connectivity index (χ0v) is 13.5. The zero-order chi connectivity index (χ0) is 14.4. The maximum Gasteiger partial charge on any atom is 0.244 e. The van der Waals surface area contributed by atoms with Gasteiger partial charge in [0.25, 0.3) is 0 Å². The van der Waals surface area contributed by atoms with Crippen LogP contribution in [0.3, 0.4) is 0 Å². The molecule has 1 amide bonds. The monoisotopic (exact) mass is 331 g/mol. The smallest absolute Gasteiger partial charge is 0.244 e. The maximum absolute atomic E-state index is 12.0. The molecule has 0 spiro atoms. The van der Waals surface area contributed by atoms with Crippen LogP contribution in [0, 0.1) is 6.92 Å². The van der Waals surface area contributed by atoms with Gasteiger partial charge in [-0.25, -0.2) is 0 Å². The van der Waals surface area contributed by atoms with Crippen LogP contribution in [0.4, 0.5) is 0 Å². The SMILES string of the molecule is Cc1c(Br)cnn1C(C)C(=O)NCCCOC(C)C. The predicted octanol–water partition coefficient (Wildman–Crippen LogP) is 2.45. The number of carbonyl (C=O) groups is 1. The van der Waals surface area contributed by atoms with Crippen LogP contribution in [0.5, 0.6) is 0 Å². The molecule has 1 unspecified atom stereocenters. The summed E-state index contributed by atoms with van der Waals surface area (Å²) < 4.78 is 8.04. The number of ether oxygens (including phenoxy) is 1. The van der Waals surface area contributed by atoms with E-state index in [4.69, 9.17) is 4.74 Å². The quantitative estimate of drug-likeness (QED) is 0.781. The number of hydrogen-bond donors (Lipinski definition) is 1. The Hall–Kier alpha value is -0.880. The molecule has 1 aromatic heterocycles. The Labute approximate surface area is 122 Å². The fourth-order valence-corrected chi connectivity index (χ4v) is 1.93. The number of halogens is 1. The molecule has 0 aliphatic rings. The predicted molar refractivity (Wildman–Crippen MR) is 78.1 cm³/mol. The van der Waals surface area contributed by atoms with E-state index in [1.165, 1.54) is 0 Å². The number of nitrogens with one attached hydrogen (secondary N) is 1. The van der Waals surface area contributed by atoms with Gasteiger partial charge in [0.15, 0.2) is 0 Å². The van der Waals surface area contributed by atoms with Gasteiger partial charge in [-0.3, -0.25) is 9.48 Å². The number of aromatic nitrogens is 2. The summed E-state index contributed by atoms with van der Waals surface area (Å²) >= 11 is 3.39. The molecule has 0 radical (unpaired) electrons. The molecule has 1 heterocycles. The molecule has 5 nitrogen and oxygen atoms in total. The molecular formula is C13H22BrN3O2. The van der Waals surface area contributed by atoms with Gasteiger partial charge in [-0.1, -0.05) is 0 Å². The molecule has 0 aliphatic carbocycles. The molecule has 1 rings (SSSR count). The van der Waals surface area contributed by atoms with Crippen LogP contribution in [-0.2, 0) is 9.53 Å². The normalized spacial score (nSPS) is 12.7. The molecule has 0 saturated heterocycles. The minimum atomic E-state index is -0.308. The average Bonchev–Trinajstić information content (AvgIpc) is 2.68. The molecule has 0 aliphatic heterocycles. The van der Waals surface area contributed by atoms with Gasteiger partial charge in [0.2, 0.25) is 5.91 Å². The fourth-order valence-electron chi connectivity index (χ4n) is 1.65. The van der Waals surface area contributed by atoms with Crippen LogP contribution in [0.1, 0.15) is 38.9 Å². The number of carbonyl (C=O) groups excluding carboxylic acids is 1. The Balaban J connectivity index is 2.35. The molecule has 0 aromatic carbocycles. The van der Waals surface area contributed by atoms with Crippen LogP contribution < -0.4 is 5.32 Å². The van der Waals surface area contributed by atoms with Crippen molar-refractivity contribution in [3.63, 3.8) is 0 Å². The van der Waals surface area contributed by atoms with E-state index in [0.29, 0.717) is 13.2 Å². The molecule has 108 valence electrons. The van der Waals surface area contributed by atoms with Crippen LogP contribution in [0.2, 0.25) is 0 Å². The van der Waals surface area contributed by atoms with Crippen LogP contribution in [0.25, 0.3) is 0 Å². The Morgan fingerprint density at radius 1 is 1.53 bits per heavy atom. The summed E-state index contributed by atoms with van der Waals surface area (Å²) in [5.74, 6) is -0.0248. The highest BCUT2D eigenvalue weighted by Crippen LogP contribution is 2.18. The van der Waals surface area contributed by atoms with Crippen molar-refractivity contribution in [1.29, 1.82) is 0 Å². The Morgan fingerprint density at radius 2 is 2.21 bits per heavy atom. The molecule has 19 heavy (non-hydrogen) atoms. The first-order valence-electron chi connectivity index (χ1n) is 6.52. The number of rotatable bonds is 7. The van der Waals surface area contributed by atoms with Gasteiger partial charge >= 0.3 is 0 Å². The van der Waals surface area contributed by atoms with Gasteiger partial charge in [0.1, 0.15) is 6.04 Å². The number of hydrogen-bond acceptors (Lipinski definition) is 3. The molecule has 0 fully saturated rings. The van der Waals surface area contributed by atoms with Crippen molar-refractivity contribution >= 4 is 21.8 Å². The third-order valence-corrected chi connectivity index (χ3v) is 3.58. The van der Waals surface area contributed by atoms with Crippen molar-refractivity contribution < 1.29 is 9.53 Å².